The molecule has 0 atom stereocenters. The predicted molar refractivity (Wildman–Crippen MR) is 132 cm³/mol. The molecule has 0 saturated carbocycles. The Labute approximate surface area is 189 Å². The second kappa shape index (κ2) is 8.93. The van der Waals surface area contributed by atoms with E-state index in [0.717, 1.165) is 61.0 Å². The van der Waals surface area contributed by atoms with Crippen molar-refractivity contribution in [1.82, 2.24) is 14.5 Å². The molecular formula is C26H31N5O. The van der Waals surface area contributed by atoms with Crippen molar-refractivity contribution in [2.45, 2.75) is 14.0 Å². The van der Waals surface area contributed by atoms with Crippen LogP contribution in [0.4, 0.5) is 5.69 Å². The molecule has 0 spiro atoms. The van der Waals surface area contributed by atoms with E-state index in [0.29, 0.717) is 5.70 Å². The molecule has 2 aliphatic heterocycles. The first kappa shape index (κ1) is 21.7. The molecule has 0 bridgehead atoms. The molecule has 0 aliphatic carbocycles. The van der Waals surface area contributed by atoms with Crippen molar-refractivity contribution in [3.63, 3.8) is 0 Å². The van der Waals surface area contributed by atoms with Crippen molar-refractivity contribution < 1.29 is 4.74 Å². The van der Waals surface area contributed by atoms with Gasteiger partial charge in [0.05, 0.1) is 35.6 Å². The molecule has 166 valence electrons. The zero-order chi connectivity index (χ0) is 21.4. The molecule has 6 nitrogen and oxygen atoms in total. The third-order valence-electron chi connectivity index (χ3n) is 5.95. The van der Waals surface area contributed by atoms with Gasteiger partial charge in [-0.2, -0.15) is 0 Å². The topological polar surface area (TPSA) is 59.5 Å². The van der Waals surface area contributed by atoms with E-state index < -0.39 is 0 Å². The van der Waals surface area contributed by atoms with Crippen LogP contribution in [0.5, 0.6) is 0 Å². The summed E-state index contributed by atoms with van der Waals surface area (Å²) < 4.78 is 7.81. The smallest absolute Gasteiger partial charge is 0.143 e. The lowest BCUT2D eigenvalue weighted by molar-refractivity contribution is 0.122. The fourth-order valence-electron chi connectivity index (χ4n) is 4.18. The number of benzene rings is 2. The molecule has 0 radical (unpaired) electrons. The average Bonchev–Trinajstić information content (AvgIpc) is 3.16. The Hall–Kier alpha value is -3.51. The predicted octanol–water partition coefficient (Wildman–Crippen LogP) is 4.20. The first-order chi connectivity index (χ1) is 15.1. The summed E-state index contributed by atoms with van der Waals surface area (Å²) in [4.78, 5) is 9.34. The highest BCUT2D eigenvalue weighted by atomic mass is 16.5. The van der Waals surface area contributed by atoms with Gasteiger partial charge in [0.25, 0.3) is 0 Å². The van der Waals surface area contributed by atoms with Crippen LogP contribution in [-0.4, -0.2) is 47.8 Å². The summed E-state index contributed by atoms with van der Waals surface area (Å²) in [5.41, 5.74) is 13.2. The van der Waals surface area contributed by atoms with Gasteiger partial charge in [0, 0.05) is 44.1 Å². The number of imidazole rings is 1. The van der Waals surface area contributed by atoms with E-state index >= 15 is 0 Å². The van der Waals surface area contributed by atoms with Crippen LogP contribution in [-0.2, 0) is 11.3 Å². The standard InChI is InChI=1S/C25H27N5O.CH4/c1-18-22(26)14-20(17-28(18)2)25-27-23-9-8-21(29-10-12-31-13-11-29)15-24(23)30(25)16-19-6-4-3-5-7-19;/h3-9,14-15,17H,1,10-13,16,26H2,2H3;1H4. The summed E-state index contributed by atoms with van der Waals surface area (Å²) in [6, 6.07) is 17.0. The number of hydrogen-bond acceptors (Lipinski definition) is 5. The summed E-state index contributed by atoms with van der Waals surface area (Å²) in [5, 5.41) is 0. The summed E-state index contributed by atoms with van der Waals surface area (Å²) in [7, 11) is 1.96. The molecule has 3 aromatic rings. The number of rotatable bonds is 4. The van der Waals surface area contributed by atoms with E-state index in [1.165, 1.54) is 11.3 Å². The van der Waals surface area contributed by atoms with E-state index in [4.69, 9.17) is 15.5 Å². The van der Waals surface area contributed by atoms with E-state index in [2.05, 4.69) is 58.5 Å². The molecule has 2 N–H and O–H groups in total. The van der Waals surface area contributed by atoms with Gasteiger partial charge < -0.3 is 24.8 Å². The van der Waals surface area contributed by atoms with E-state index in [9.17, 15) is 0 Å². The molecule has 1 aromatic heterocycles. The van der Waals surface area contributed by atoms with Crippen LogP contribution in [0, 0.1) is 0 Å². The Bertz CT molecular complexity index is 1190. The van der Waals surface area contributed by atoms with Crippen LogP contribution in [0.1, 0.15) is 18.8 Å². The SMILES string of the molecule is C.C=C1C(N)=CC(c2nc3ccc(N4CCOCC4)cc3n2Cc2ccccc2)=CN1C. The quantitative estimate of drug-likeness (QED) is 0.674. The van der Waals surface area contributed by atoms with Gasteiger partial charge in [-0.05, 0) is 29.8 Å². The van der Waals surface area contributed by atoms with E-state index in [-0.39, 0.29) is 7.43 Å². The minimum atomic E-state index is 0. The molecule has 5 rings (SSSR count). The Morgan fingerprint density at radius 2 is 1.84 bits per heavy atom. The molecule has 2 aromatic carbocycles. The van der Waals surface area contributed by atoms with E-state index in [1.54, 1.807) is 0 Å². The van der Waals surface area contributed by atoms with Crippen molar-refractivity contribution >= 4 is 22.3 Å². The van der Waals surface area contributed by atoms with Gasteiger partial charge in [-0.15, -0.1) is 0 Å². The van der Waals surface area contributed by atoms with Crippen LogP contribution < -0.4 is 10.6 Å². The number of anilines is 1. The van der Waals surface area contributed by atoms with Gasteiger partial charge in [0.15, 0.2) is 0 Å². The lowest BCUT2D eigenvalue weighted by atomic mass is 10.1. The van der Waals surface area contributed by atoms with Gasteiger partial charge in [-0.25, -0.2) is 4.98 Å². The maximum absolute atomic E-state index is 6.24. The van der Waals surface area contributed by atoms with Gasteiger partial charge in [0.2, 0.25) is 0 Å². The number of nitrogens with two attached hydrogens (primary N) is 1. The van der Waals surface area contributed by atoms with Crippen molar-refractivity contribution in [3.8, 4) is 0 Å². The van der Waals surface area contributed by atoms with Crippen LogP contribution in [0.3, 0.4) is 0 Å². The Balaban J connectivity index is 0.00000245. The Morgan fingerprint density at radius 1 is 1.09 bits per heavy atom. The number of aromatic nitrogens is 2. The number of nitrogens with zero attached hydrogens (tertiary/aromatic N) is 4. The zero-order valence-corrected chi connectivity index (χ0v) is 17.8. The number of morpholine rings is 1. The molecule has 1 saturated heterocycles. The highest BCUT2D eigenvalue weighted by Gasteiger charge is 2.20. The average molecular weight is 430 g/mol. The molecule has 2 aliphatic rings. The lowest BCUT2D eigenvalue weighted by Gasteiger charge is -2.29. The minimum Gasteiger partial charge on any atom is -0.397 e. The fourth-order valence-corrected chi connectivity index (χ4v) is 4.18. The van der Waals surface area contributed by atoms with E-state index in [1.807, 2.05) is 30.3 Å². The lowest BCUT2D eigenvalue weighted by Crippen LogP contribution is -2.36. The molecule has 6 heteroatoms. The third kappa shape index (κ3) is 4.01. The highest BCUT2D eigenvalue weighted by Crippen LogP contribution is 2.31. The first-order valence-electron chi connectivity index (χ1n) is 10.6. The Morgan fingerprint density at radius 3 is 2.56 bits per heavy atom. The maximum atomic E-state index is 6.24. The van der Waals surface area contributed by atoms with Crippen LogP contribution >= 0.6 is 0 Å². The number of likely N-dealkylation sites (N-methyl/N-ethyl adjacent to an activating group) is 1. The number of fused-ring (bicyclic) bond motifs is 1. The second-order valence-corrected chi connectivity index (χ2v) is 8.02. The maximum Gasteiger partial charge on any atom is 0.143 e. The molecule has 1 fully saturated rings. The monoisotopic (exact) mass is 429 g/mol. The van der Waals surface area contributed by atoms with Gasteiger partial charge in [-0.3, -0.25) is 0 Å². The highest BCUT2D eigenvalue weighted by molar-refractivity contribution is 5.85. The number of allylic oxidation sites excluding steroid dienone is 2. The summed E-state index contributed by atoms with van der Waals surface area (Å²) >= 11 is 0. The molecule has 0 amide bonds. The van der Waals surface area contributed by atoms with Gasteiger partial charge in [-0.1, -0.05) is 44.3 Å². The second-order valence-electron chi connectivity index (χ2n) is 8.02. The molecule has 3 heterocycles. The Kier molecular flexibility index (Phi) is 6.06. The summed E-state index contributed by atoms with van der Waals surface area (Å²) in [5.74, 6) is 0.903. The van der Waals surface area contributed by atoms with Crippen molar-refractivity contribution in [2.75, 3.05) is 38.3 Å². The molecule has 0 unspecified atom stereocenters. The molecular weight excluding hydrogens is 398 g/mol. The van der Waals surface area contributed by atoms with Crippen molar-refractivity contribution in [2.24, 2.45) is 5.73 Å². The normalized spacial score (nSPS) is 16.6. The van der Waals surface area contributed by atoms with Gasteiger partial charge >= 0.3 is 0 Å². The fraction of sp³-hybridized carbons (Fsp3) is 0.269. The zero-order valence-electron chi connectivity index (χ0n) is 17.8. The largest absolute Gasteiger partial charge is 0.397 e. The molecule has 32 heavy (non-hydrogen) atoms. The summed E-state index contributed by atoms with van der Waals surface area (Å²) in [6.07, 6.45) is 4.01. The number of hydrogen-bond donors (Lipinski definition) is 1. The van der Waals surface area contributed by atoms with Gasteiger partial charge in [0.1, 0.15) is 5.82 Å². The van der Waals surface area contributed by atoms with Crippen LogP contribution in [0.2, 0.25) is 0 Å². The summed E-state index contributed by atoms with van der Waals surface area (Å²) in [6.45, 7) is 8.11. The minimum absolute atomic E-state index is 0. The van der Waals surface area contributed by atoms with Crippen LogP contribution in [0.25, 0.3) is 16.6 Å². The first-order valence-corrected chi connectivity index (χ1v) is 10.6. The van der Waals surface area contributed by atoms with Crippen molar-refractivity contribution in [3.05, 3.63) is 90.2 Å². The number of ether oxygens (including phenoxy) is 1. The third-order valence-corrected chi connectivity index (χ3v) is 5.95. The van der Waals surface area contributed by atoms with Crippen molar-refractivity contribution in [1.29, 1.82) is 0 Å². The van der Waals surface area contributed by atoms with Crippen LogP contribution in [0.15, 0.2) is 78.8 Å².